The van der Waals surface area contributed by atoms with E-state index in [0.29, 0.717) is 6.54 Å². The van der Waals surface area contributed by atoms with Gasteiger partial charge in [-0.05, 0) is 59.9 Å². The van der Waals surface area contributed by atoms with E-state index in [2.05, 4.69) is 49.1 Å². The first kappa shape index (κ1) is 17.0. The number of carbonyl (C=O) groups is 1. The smallest absolute Gasteiger partial charge is 0.236 e. The van der Waals surface area contributed by atoms with Gasteiger partial charge < -0.3 is 10.2 Å². The summed E-state index contributed by atoms with van der Waals surface area (Å²) in [5.74, 6) is 0.209. The van der Waals surface area contributed by atoms with E-state index in [1.807, 2.05) is 11.6 Å². The van der Waals surface area contributed by atoms with E-state index in [1.54, 1.807) is 0 Å². The minimum atomic E-state index is -0.0311. The molecule has 2 heterocycles. The largest absolute Gasteiger partial charge is 0.337 e. The molecule has 0 aliphatic carbocycles. The fourth-order valence-corrected chi connectivity index (χ4v) is 3.02. The third-order valence-electron chi connectivity index (χ3n) is 4.20. The molecule has 0 bridgehead atoms. The van der Waals surface area contributed by atoms with Crippen LogP contribution < -0.4 is 5.32 Å². The maximum Gasteiger partial charge on any atom is 0.236 e. The Kier molecular flexibility index (Phi) is 5.27. The first-order valence-electron chi connectivity index (χ1n) is 8.32. The lowest BCUT2D eigenvalue weighted by molar-refractivity contribution is -0.134. The number of rotatable bonds is 4. The molecule has 22 heavy (non-hydrogen) atoms. The summed E-state index contributed by atoms with van der Waals surface area (Å²) in [7, 11) is 0. The third-order valence-corrected chi connectivity index (χ3v) is 4.20. The van der Waals surface area contributed by atoms with Gasteiger partial charge in [-0.15, -0.1) is 0 Å². The minimum absolute atomic E-state index is 0.0311. The van der Waals surface area contributed by atoms with Crippen molar-refractivity contribution in [2.45, 2.75) is 72.0 Å². The molecule has 1 amide bonds. The second kappa shape index (κ2) is 6.82. The molecule has 0 spiro atoms. The number of likely N-dealkylation sites (tertiary alicyclic amines) is 1. The predicted octanol–water partition coefficient (Wildman–Crippen LogP) is 2.27. The van der Waals surface area contributed by atoms with E-state index < -0.39 is 0 Å². The Labute approximate surface area is 134 Å². The average molecular weight is 306 g/mol. The van der Waals surface area contributed by atoms with Gasteiger partial charge in [0.1, 0.15) is 0 Å². The van der Waals surface area contributed by atoms with Gasteiger partial charge in [-0.3, -0.25) is 9.48 Å². The van der Waals surface area contributed by atoms with Gasteiger partial charge in [0.2, 0.25) is 5.91 Å². The molecule has 124 valence electrons. The first-order chi connectivity index (χ1) is 10.3. The van der Waals surface area contributed by atoms with Crippen LogP contribution in [0.5, 0.6) is 0 Å². The summed E-state index contributed by atoms with van der Waals surface area (Å²) in [5.41, 5.74) is 2.18. The van der Waals surface area contributed by atoms with E-state index >= 15 is 0 Å². The van der Waals surface area contributed by atoms with Crippen molar-refractivity contribution in [2.75, 3.05) is 13.1 Å². The summed E-state index contributed by atoms with van der Waals surface area (Å²) in [6.45, 7) is 12.4. The topological polar surface area (TPSA) is 50.2 Å². The Morgan fingerprint density at radius 3 is 2.68 bits per heavy atom. The van der Waals surface area contributed by atoms with Gasteiger partial charge >= 0.3 is 0 Å². The Balaban J connectivity index is 2.01. The highest BCUT2D eigenvalue weighted by Crippen LogP contribution is 2.19. The predicted molar refractivity (Wildman–Crippen MR) is 88.8 cm³/mol. The fourth-order valence-electron chi connectivity index (χ4n) is 3.02. The number of hydrogen-bond donors (Lipinski definition) is 1. The van der Waals surface area contributed by atoms with Crippen molar-refractivity contribution >= 4 is 5.91 Å². The number of nitrogens with zero attached hydrogens (tertiary/aromatic N) is 3. The molecule has 0 radical (unpaired) electrons. The highest BCUT2D eigenvalue weighted by atomic mass is 16.2. The standard InChI is InChI=1S/C17H30N4O/c1-13-10-14(2)21(19-13)12-15-8-6-7-9-20(15)16(22)11-18-17(3,4)5/h10,15,18H,6-9,11-12H2,1-5H3. The van der Waals surface area contributed by atoms with E-state index in [4.69, 9.17) is 0 Å². The SMILES string of the molecule is Cc1cc(C)n(CC2CCCCN2C(=O)CNC(C)(C)C)n1. The summed E-state index contributed by atoms with van der Waals surface area (Å²) in [4.78, 5) is 14.6. The zero-order chi connectivity index (χ0) is 16.3. The zero-order valence-corrected chi connectivity index (χ0v) is 14.6. The van der Waals surface area contributed by atoms with Gasteiger partial charge in [-0.1, -0.05) is 0 Å². The van der Waals surface area contributed by atoms with Crippen molar-refractivity contribution in [1.29, 1.82) is 0 Å². The van der Waals surface area contributed by atoms with Crippen LogP contribution in [0.2, 0.25) is 0 Å². The number of aryl methyl sites for hydroxylation is 2. The van der Waals surface area contributed by atoms with Crippen molar-refractivity contribution in [3.8, 4) is 0 Å². The maximum absolute atomic E-state index is 12.6. The van der Waals surface area contributed by atoms with E-state index in [-0.39, 0.29) is 17.5 Å². The summed E-state index contributed by atoms with van der Waals surface area (Å²) in [6.07, 6.45) is 3.37. The maximum atomic E-state index is 12.6. The van der Waals surface area contributed by atoms with Gasteiger partial charge in [0.25, 0.3) is 0 Å². The second-order valence-electron chi connectivity index (χ2n) is 7.45. The summed E-state index contributed by atoms with van der Waals surface area (Å²) >= 11 is 0. The van der Waals surface area contributed by atoms with Crippen molar-refractivity contribution in [2.24, 2.45) is 0 Å². The Morgan fingerprint density at radius 2 is 2.09 bits per heavy atom. The molecular formula is C17H30N4O. The molecule has 0 aromatic carbocycles. The van der Waals surface area contributed by atoms with Gasteiger partial charge in [0.05, 0.1) is 24.8 Å². The van der Waals surface area contributed by atoms with Crippen molar-refractivity contribution in [3.05, 3.63) is 17.5 Å². The zero-order valence-electron chi connectivity index (χ0n) is 14.6. The van der Waals surface area contributed by atoms with Gasteiger partial charge in [-0.25, -0.2) is 0 Å². The Morgan fingerprint density at radius 1 is 1.36 bits per heavy atom. The molecule has 1 atom stereocenters. The first-order valence-corrected chi connectivity index (χ1v) is 8.32. The lowest BCUT2D eigenvalue weighted by Gasteiger charge is -2.36. The average Bonchev–Trinajstić information content (AvgIpc) is 2.74. The van der Waals surface area contributed by atoms with Crippen LogP contribution in [0.4, 0.5) is 0 Å². The quantitative estimate of drug-likeness (QED) is 0.928. The van der Waals surface area contributed by atoms with Crippen molar-refractivity contribution in [1.82, 2.24) is 20.0 Å². The molecule has 1 aromatic heterocycles. The highest BCUT2D eigenvalue weighted by molar-refractivity contribution is 5.78. The summed E-state index contributed by atoms with van der Waals surface area (Å²) in [6, 6.07) is 2.36. The summed E-state index contributed by atoms with van der Waals surface area (Å²) in [5, 5.41) is 7.85. The minimum Gasteiger partial charge on any atom is -0.337 e. The van der Waals surface area contributed by atoms with Crippen LogP contribution in [0.1, 0.15) is 51.4 Å². The number of nitrogens with one attached hydrogen (secondary N) is 1. The number of carbonyl (C=O) groups excluding carboxylic acids is 1. The Hall–Kier alpha value is -1.36. The van der Waals surface area contributed by atoms with Crippen LogP contribution in [0.15, 0.2) is 6.07 Å². The van der Waals surface area contributed by atoms with E-state index in [0.717, 1.165) is 31.6 Å². The van der Waals surface area contributed by atoms with Crippen LogP contribution in [-0.2, 0) is 11.3 Å². The molecule has 1 aromatic rings. The second-order valence-corrected chi connectivity index (χ2v) is 7.45. The van der Waals surface area contributed by atoms with E-state index in [1.165, 1.54) is 12.1 Å². The molecule has 1 aliphatic rings. The Bertz CT molecular complexity index is 515. The molecule has 1 N–H and O–H groups in total. The normalized spacial score (nSPS) is 19.5. The molecule has 1 saturated heterocycles. The fraction of sp³-hybridized carbons (Fsp3) is 0.765. The molecule has 1 unspecified atom stereocenters. The van der Waals surface area contributed by atoms with Gasteiger partial charge in [0, 0.05) is 17.8 Å². The summed E-state index contributed by atoms with van der Waals surface area (Å²) < 4.78 is 2.04. The monoisotopic (exact) mass is 306 g/mol. The van der Waals surface area contributed by atoms with Crippen LogP contribution in [-0.4, -0.2) is 45.3 Å². The molecule has 1 fully saturated rings. The number of piperidine rings is 1. The van der Waals surface area contributed by atoms with Crippen LogP contribution in [0.25, 0.3) is 0 Å². The van der Waals surface area contributed by atoms with Gasteiger partial charge in [-0.2, -0.15) is 5.10 Å². The highest BCUT2D eigenvalue weighted by Gasteiger charge is 2.28. The molecule has 5 heteroatoms. The number of hydrogen-bond acceptors (Lipinski definition) is 3. The van der Waals surface area contributed by atoms with Crippen molar-refractivity contribution < 1.29 is 4.79 Å². The third kappa shape index (κ3) is 4.57. The van der Waals surface area contributed by atoms with Gasteiger partial charge in [0.15, 0.2) is 0 Å². The lowest BCUT2D eigenvalue weighted by atomic mass is 10.0. The number of amides is 1. The van der Waals surface area contributed by atoms with Crippen LogP contribution >= 0.6 is 0 Å². The van der Waals surface area contributed by atoms with E-state index in [9.17, 15) is 4.79 Å². The lowest BCUT2D eigenvalue weighted by Crippen LogP contribution is -2.51. The number of aromatic nitrogens is 2. The molecule has 2 rings (SSSR count). The van der Waals surface area contributed by atoms with Crippen LogP contribution in [0, 0.1) is 13.8 Å². The van der Waals surface area contributed by atoms with Crippen LogP contribution in [0.3, 0.4) is 0 Å². The molecule has 5 nitrogen and oxygen atoms in total. The van der Waals surface area contributed by atoms with Crippen molar-refractivity contribution in [3.63, 3.8) is 0 Å². The molecule has 0 saturated carbocycles. The molecular weight excluding hydrogens is 276 g/mol. The molecule has 1 aliphatic heterocycles.